The van der Waals surface area contributed by atoms with Gasteiger partial charge < -0.3 is 4.42 Å². The maximum absolute atomic E-state index is 12.1. The number of Topliss-reactive ketones (excluding diaryl/α,β-unsaturated/α-hetero) is 1. The molecule has 0 saturated heterocycles. The standard InChI is InChI=1S/C14H13N3O3/c1-8(18)16-14-15-7-10-11(17-14)5-9(6-12(10)19)13-3-2-4-20-13/h2-4,7,9H,5-6H2,1H3,(H,15,16,17,18)/t9-/m1/s1. The van der Waals surface area contributed by atoms with Gasteiger partial charge >= 0.3 is 0 Å². The maximum Gasteiger partial charge on any atom is 0.229 e. The summed E-state index contributed by atoms with van der Waals surface area (Å²) in [6.07, 6.45) is 4.07. The SMILES string of the molecule is CC(=O)Nc1ncc2c(n1)C[C@@H](c1ccco1)CC2=O. The highest BCUT2D eigenvalue weighted by molar-refractivity contribution is 5.98. The van der Waals surface area contributed by atoms with Gasteiger partial charge in [-0.3, -0.25) is 14.9 Å². The summed E-state index contributed by atoms with van der Waals surface area (Å²) in [6, 6.07) is 3.66. The Labute approximate surface area is 115 Å². The number of carbonyl (C=O) groups excluding carboxylic acids is 2. The molecule has 1 N–H and O–H groups in total. The van der Waals surface area contributed by atoms with Crippen molar-refractivity contribution in [3.8, 4) is 0 Å². The molecule has 1 amide bonds. The van der Waals surface area contributed by atoms with Crippen LogP contribution in [0.1, 0.15) is 41.1 Å². The van der Waals surface area contributed by atoms with Crippen molar-refractivity contribution in [2.45, 2.75) is 25.7 Å². The number of ketones is 1. The molecule has 2 heterocycles. The lowest BCUT2D eigenvalue weighted by molar-refractivity contribution is -0.114. The Hall–Kier alpha value is -2.50. The van der Waals surface area contributed by atoms with Crippen LogP contribution < -0.4 is 5.32 Å². The molecule has 0 radical (unpaired) electrons. The molecular formula is C14H13N3O3. The van der Waals surface area contributed by atoms with Crippen LogP contribution in [0.15, 0.2) is 29.0 Å². The molecule has 6 nitrogen and oxygen atoms in total. The zero-order chi connectivity index (χ0) is 14.1. The molecule has 3 rings (SSSR count). The minimum absolute atomic E-state index is 0.00188. The van der Waals surface area contributed by atoms with Crippen molar-refractivity contribution in [2.75, 3.05) is 5.32 Å². The summed E-state index contributed by atoms with van der Waals surface area (Å²) in [5, 5.41) is 2.52. The van der Waals surface area contributed by atoms with Crippen molar-refractivity contribution in [3.05, 3.63) is 41.6 Å². The van der Waals surface area contributed by atoms with Crippen LogP contribution in [0.25, 0.3) is 0 Å². The highest BCUT2D eigenvalue weighted by Gasteiger charge is 2.29. The van der Waals surface area contributed by atoms with Gasteiger partial charge in [0.15, 0.2) is 5.78 Å². The van der Waals surface area contributed by atoms with E-state index in [0.29, 0.717) is 24.1 Å². The van der Waals surface area contributed by atoms with Crippen molar-refractivity contribution < 1.29 is 14.0 Å². The summed E-state index contributed by atoms with van der Waals surface area (Å²) in [4.78, 5) is 31.4. The van der Waals surface area contributed by atoms with E-state index in [9.17, 15) is 9.59 Å². The molecule has 0 aromatic carbocycles. The van der Waals surface area contributed by atoms with Crippen LogP contribution in [-0.4, -0.2) is 21.7 Å². The van der Waals surface area contributed by atoms with Gasteiger partial charge in [-0.1, -0.05) is 0 Å². The average Bonchev–Trinajstić information content (AvgIpc) is 2.91. The second kappa shape index (κ2) is 4.88. The molecule has 1 atom stereocenters. The van der Waals surface area contributed by atoms with E-state index in [1.807, 2.05) is 6.07 Å². The van der Waals surface area contributed by atoms with Gasteiger partial charge in [-0.25, -0.2) is 9.97 Å². The van der Waals surface area contributed by atoms with E-state index in [2.05, 4.69) is 15.3 Å². The van der Waals surface area contributed by atoms with Crippen molar-refractivity contribution in [1.29, 1.82) is 0 Å². The van der Waals surface area contributed by atoms with E-state index >= 15 is 0 Å². The van der Waals surface area contributed by atoms with E-state index in [1.54, 1.807) is 12.3 Å². The van der Waals surface area contributed by atoms with E-state index in [1.165, 1.54) is 13.1 Å². The molecule has 0 unspecified atom stereocenters. The van der Waals surface area contributed by atoms with Gasteiger partial charge in [0.05, 0.1) is 17.5 Å². The Kier molecular flexibility index (Phi) is 3.06. The largest absolute Gasteiger partial charge is 0.469 e. The molecule has 2 aromatic heterocycles. The van der Waals surface area contributed by atoms with Crippen LogP contribution in [0.3, 0.4) is 0 Å². The highest BCUT2D eigenvalue weighted by atomic mass is 16.3. The van der Waals surface area contributed by atoms with Gasteiger partial charge in [-0.2, -0.15) is 0 Å². The van der Waals surface area contributed by atoms with Gasteiger partial charge in [-0.05, 0) is 12.1 Å². The minimum Gasteiger partial charge on any atom is -0.469 e. The van der Waals surface area contributed by atoms with Gasteiger partial charge in [0.2, 0.25) is 11.9 Å². The molecular weight excluding hydrogens is 258 g/mol. The average molecular weight is 271 g/mol. The number of furan rings is 1. The Bertz CT molecular complexity index is 664. The molecule has 6 heteroatoms. The predicted molar refractivity (Wildman–Crippen MR) is 70.4 cm³/mol. The fraction of sp³-hybridized carbons (Fsp3) is 0.286. The zero-order valence-corrected chi connectivity index (χ0v) is 10.9. The van der Waals surface area contributed by atoms with E-state index in [-0.39, 0.29) is 23.6 Å². The first kappa shape index (κ1) is 12.5. The molecule has 20 heavy (non-hydrogen) atoms. The normalized spacial score (nSPS) is 17.6. The van der Waals surface area contributed by atoms with Gasteiger partial charge in [-0.15, -0.1) is 0 Å². The number of nitrogens with zero attached hydrogens (tertiary/aromatic N) is 2. The summed E-state index contributed by atoms with van der Waals surface area (Å²) in [7, 11) is 0. The number of aromatic nitrogens is 2. The number of hydrogen-bond donors (Lipinski definition) is 1. The number of amides is 1. The monoisotopic (exact) mass is 271 g/mol. The fourth-order valence-corrected chi connectivity index (χ4v) is 2.39. The Morgan fingerprint density at radius 2 is 2.30 bits per heavy atom. The van der Waals surface area contributed by atoms with Crippen molar-refractivity contribution >= 4 is 17.6 Å². The van der Waals surface area contributed by atoms with E-state index in [0.717, 1.165) is 5.76 Å². The third-order valence-electron chi connectivity index (χ3n) is 3.27. The lowest BCUT2D eigenvalue weighted by atomic mass is 9.85. The first-order valence-corrected chi connectivity index (χ1v) is 6.33. The summed E-state index contributed by atoms with van der Waals surface area (Å²) >= 11 is 0. The smallest absolute Gasteiger partial charge is 0.229 e. The number of rotatable bonds is 2. The second-order valence-corrected chi connectivity index (χ2v) is 4.78. The second-order valence-electron chi connectivity index (χ2n) is 4.78. The van der Waals surface area contributed by atoms with Gasteiger partial charge in [0.1, 0.15) is 5.76 Å². The van der Waals surface area contributed by atoms with E-state index < -0.39 is 0 Å². The zero-order valence-electron chi connectivity index (χ0n) is 10.9. The summed E-state index contributed by atoms with van der Waals surface area (Å²) < 4.78 is 5.37. The van der Waals surface area contributed by atoms with Crippen molar-refractivity contribution in [2.24, 2.45) is 0 Å². The topological polar surface area (TPSA) is 85.1 Å². The molecule has 0 bridgehead atoms. The third-order valence-corrected chi connectivity index (χ3v) is 3.27. The van der Waals surface area contributed by atoms with E-state index in [4.69, 9.17) is 4.42 Å². The van der Waals surface area contributed by atoms with Crippen LogP contribution in [0.4, 0.5) is 5.95 Å². The molecule has 0 fully saturated rings. The van der Waals surface area contributed by atoms with Crippen LogP contribution in [0.5, 0.6) is 0 Å². The molecule has 102 valence electrons. The van der Waals surface area contributed by atoms with Crippen LogP contribution >= 0.6 is 0 Å². The summed E-state index contributed by atoms with van der Waals surface area (Å²) in [5.74, 6) is 0.759. The first-order valence-electron chi connectivity index (χ1n) is 6.33. The molecule has 1 aliphatic carbocycles. The summed E-state index contributed by atoms with van der Waals surface area (Å²) in [6.45, 7) is 1.39. The number of nitrogens with one attached hydrogen (secondary N) is 1. The minimum atomic E-state index is -0.241. The molecule has 2 aromatic rings. The Morgan fingerprint density at radius 3 is 3.00 bits per heavy atom. The van der Waals surface area contributed by atoms with Gasteiger partial charge in [0, 0.05) is 31.9 Å². The van der Waals surface area contributed by atoms with Gasteiger partial charge in [0.25, 0.3) is 0 Å². The lowest BCUT2D eigenvalue weighted by Gasteiger charge is -2.21. The number of carbonyl (C=O) groups is 2. The Balaban J connectivity index is 1.92. The van der Waals surface area contributed by atoms with Crippen LogP contribution in [0, 0.1) is 0 Å². The Morgan fingerprint density at radius 1 is 1.45 bits per heavy atom. The fourth-order valence-electron chi connectivity index (χ4n) is 2.39. The maximum atomic E-state index is 12.1. The molecule has 0 spiro atoms. The van der Waals surface area contributed by atoms with Crippen LogP contribution in [0.2, 0.25) is 0 Å². The lowest BCUT2D eigenvalue weighted by Crippen LogP contribution is -2.21. The van der Waals surface area contributed by atoms with Crippen LogP contribution in [-0.2, 0) is 11.2 Å². The molecule has 0 aliphatic heterocycles. The quantitative estimate of drug-likeness (QED) is 0.902. The first-order chi connectivity index (χ1) is 9.63. The number of hydrogen-bond acceptors (Lipinski definition) is 5. The highest BCUT2D eigenvalue weighted by Crippen LogP contribution is 2.32. The molecule has 0 saturated carbocycles. The predicted octanol–water partition coefficient (Wildman–Crippen LogP) is 1.94. The number of anilines is 1. The number of fused-ring (bicyclic) bond motifs is 1. The van der Waals surface area contributed by atoms with Crippen molar-refractivity contribution in [3.63, 3.8) is 0 Å². The summed E-state index contributed by atoms with van der Waals surface area (Å²) in [5.41, 5.74) is 1.18. The van der Waals surface area contributed by atoms with Crippen molar-refractivity contribution in [1.82, 2.24) is 9.97 Å². The third kappa shape index (κ3) is 2.32. The molecule has 1 aliphatic rings.